The highest BCUT2D eigenvalue weighted by Crippen LogP contribution is 2.39. The molecule has 0 aliphatic carbocycles. The van der Waals surface area contributed by atoms with Crippen LogP contribution in [0, 0.1) is 5.41 Å². The van der Waals surface area contributed by atoms with Crippen LogP contribution in [0.2, 0.25) is 0 Å². The summed E-state index contributed by atoms with van der Waals surface area (Å²) in [6.07, 6.45) is 0. The highest BCUT2D eigenvalue weighted by Gasteiger charge is 2.27. The molecule has 1 aliphatic heterocycles. The zero-order valence-electron chi connectivity index (χ0n) is 9.82. The zero-order chi connectivity index (χ0) is 12.6. The van der Waals surface area contributed by atoms with Gasteiger partial charge in [-0.2, -0.15) is 0 Å². The monoisotopic (exact) mass is 237 g/mol. The molecule has 1 aromatic rings. The Kier molecular flexibility index (Phi) is 2.61. The third-order valence-corrected chi connectivity index (χ3v) is 2.56. The number of carboxylic acid groups (broad SMARTS) is 1. The van der Waals surface area contributed by atoms with Crippen LogP contribution in [0.25, 0.3) is 0 Å². The number of benzene rings is 1. The topological polar surface area (TPSA) is 81.8 Å². The molecule has 0 aromatic heterocycles. The fourth-order valence-corrected chi connectivity index (χ4v) is 1.59. The number of anilines is 1. The molecule has 0 atom stereocenters. The summed E-state index contributed by atoms with van der Waals surface area (Å²) in [5, 5.41) is 8.93. The quantitative estimate of drug-likeness (QED) is 0.727. The van der Waals surface area contributed by atoms with Crippen LogP contribution in [-0.2, 0) is 0 Å². The first kappa shape index (κ1) is 11.6. The number of fused-ring (bicyclic) bond motifs is 1. The van der Waals surface area contributed by atoms with Gasteiger partial charge in [-0.05, 0) is 12.1 Å². The maximum absolute atomic E-state index is 10.9. The summed E-state index contributed by atoms with van der Waals surface area (Å²) in [7, 11) is 0. The Morgan fingerprint density at radius 3 is 2.65 bits per heavy atom. The van der Waals surface area contributed by atoms with Gasteiger partial charge in [0.05, 0.1) is 24.5 Å². The average molecular weight is 237 g/mol. The van der Waals surface area contributed by atoms with Crippen LogP contribution in [0.4, 0.5) is 5.69 Å². The lowest BCUT2D eigenvalue weighted by Gasteiger charge is -2.19. The van der Waals surface area contributed by atoms with Gasteiger partial charge in [-0.25, -0.2) is 4.79 Å². The third-order valence-electron chi connectivity index (χ3n) is 2.56. The molecule has 3 N–H and O–H groups in total. The molecular weight excluding hydrogens is 222 g/mol. The molecule has 0 bridgehead atoms. The summed E-state index contributed by atoms with van der Waals surface area (Å²) in [6, 6.07) is 2.82. The Morgan fingerprint density at radius 1 is 1.35 bits per heavy atom. The van der Waals surface area contributed by atoms with Gasteiger partial charge in [0.2, 0.25) is 0 Å². The van der Waals surface area contributed by atoms with E-state index in [0.717, 1.165) is 0 Å². The molecule has 5 heteroatoms. The molecule has 0 unspecified atom stereocenters. The van der Waals surface area contributed by atoms with E-state index in [1.54, 1.807) is 0 Å². The molecule has 0 fully saturated rings. The van der Waals surface area contributed by atoms with Crippen LogP contribution in [0.1, 0.15) is 24.2 Å². The van der Waals surface area contributed by atoms with E-state index in [0.29, 0.717) is 24.7 Å². The summed E-state index contributed by atoms with van der Waals surface area (Å²) < 4.78 is 11.2. The molecule has 92 valence electrons. The fourth-order valence-electron chi connectivity index (χ4n) is 1.59. The maximum atomic E-state index is 10.9. The second-order valence-electron chi connectivity index (χ2n) is 4.94. The van der Waals surface area contributed by atoms with E-state index in [1.165, 1.54) is 12.1 Å². The van der Waals surface area contributed by atoms with Crippen LogP contribution >= 0.6 is 0 Å². The van der Waals surface area contributed by atoms with Crippen molar-refractivity contribution in [1.82, 2.24) is 0 Å². The van der Waals surface area contributed by atoms with Crippen molar-refractivity contribution in [3.63, 3.8) is 0 Å². The summed E-state index contributed by atoms with van der Waals surface area (Å²) in [5.74, 6) is -0.208. The van der Waals surface area contributed by atoms with Gasteiger partial charge in [-0.3, -0.25) is 0 Å². The fraction of sp³-hybridized carbons (Fsp3) is 0.417. The van der Waals surface area contributed by atoms with Gasteiger partial charge in [0, 0.05) is 5.41 Å². The van der Waals surface area contributed by atoms with Gasteiger partial charge in [0.25, 0.3) is 0 Å². The van der Waals surface area contributed by atoms with Crippen LogP contribution in [0.15, 0.2) is 12.1 Å². The van der Waals surface area contributed by atoms with Crippen molar-refractivity contribution in [2.24, 2.45) is 5.41 Å². The highest BCUT2D eigenvalue weighted by molar-refractivity contribution is 5.90. The first-order chi connectivity index (χ1) is 7.89. The first-order valence-electron chi connectivity index (χ1n) is 5.31. The molecule has 2 rings (SSSR count). The normalized spacial score (nSPS) is 17.3. The molecule has 0 saturated carbocycles. The maximum Gasteiger partial charge on any atom is 0.335 e. The molecule has 17 heavy (non-hydrogen) atoms. The van der Waals surface area contributed by atoms with Gasteiger partial charge in [0.1, 0.15) is 0 Å². The van der Waals surface area contributed by atoms with E-state index < -0.39 is 5.97 Å². The van der Waals surface area contributed by atoms with E-state index >= 15 is 0 Å². The van der Waals surface area contributed by atoms with Gasteiger partial charge in [0.15, 0.2) is 11.5 Å². The van der Waals surface area contributed by atoms with E-state index in [1.807, 2.05) is 13.8 Å². The predicted octanol–water partition coefficient (Wildman–Crippen LogP) is 1.76. The summed E-state index contributed by atoms with van der Waals surface area (Å²) in [4.78, 5) is 10.9. The number of rotatable bonds is 1. The Bertz CT molecular complexity index is 468. The van der Waals surface area contributed by atoms with Crippen molar-refractivity contribution < 1.29 is 19.4 Å². The largest absolute Gasteiger partial charge is 0.489 e. The molecular formula is C12H15NO4. The SMILES string of the molecule is CC1(C)COc2cc(C(=O)O)cc(N)c2OC1. The average Bonchev–Trinajstić information content (AvgIpc) is 2.38. The second kappa shape index (κ2) is 3.84. The number of carboxylic acids is 1. The minimum Gasteiger partial charge on any atom is -0.489 e. The van der Waals surface area contributed by atoms with Crippen molar-refractivity contribution in [2.75, 3.05) is 18.9 Å². The van der Waals surface area contributed by atoms with Crippen molar-refractivity contribution in [2.45, 2.75) is 13.8 Å². The van der Waals surface area contributed by atoms with Crippen LogP contribution in [0.5, 0.6) is 11.5 Å². The number of hydrogen-bond donors (Lipinski definition) is 2. The van der Waals surface area contributed by atoms with Crippen molar-refractivity contribution in [3.05, 3.63) is 17.7 Å². The van der Waals surface area contributed by atoms with E-state index in [9.17, 15) is 4.79 Å². The Morgan fingerprint density at radius 2 is 2.00 bits per heavy atom. The van der Waals surface area contributed by atoms with Crippen molar-refractivity contribution in [3.8, 4) is 11.5 Å². The van der Waals surface area contributed by atoms with E-state index in [4.69, 9.17) is 20.3 Å². The van der Waals surface area contributed by atoms with E-state index in [2.05, 4.69) is 0 Å². The lowest BCUT2D eigenvalue weighted by atomic mass is 9.97. The van der Waals surface area contributed by atoms with Crippen LogP contribution < -0.4 is 15.2 Å². The van der Waals surface area contributed by atoms with Crippen LogP contribution in [0.3, 0.4) is 0 Å². The van der Waals surface area contributed by atoms with Crippen molar-refractivity contribution in [1.29, 1.82) is 0 Å². The number of ether oxygens (including phenoxy) is 2. The Labute approximate surface area is 99.1 Å². The highest BCUT2D eigenvalue weighted by atomic mass is 16.5. The first-order valence-corrected chi connectivity index (χ1v) is 5.31. The van der Waals surface area contributed by atoms with Gasteiger partial charge in [-0.15, -0.1) is 0 Å². The number of aromatic carboxylic acids is 1. The Hall–Kier alpha value is -1.91. The van der Waals surface area contributed by atoms with Gasteiger partial charge in [-0.1, -0.05) is 13.8 Å². The Balaban J connectivity index is 2.43. The minimum atomic E-state index is -1.04. The standard InChI is InChI=1S/C12H15NO4/c1-12(2)5-16-9-4-7(11(14)15)3-8(13)10(9)17-6-12/h3-4H,5-6,13H2,1-2H3,(H,14,15). The molecule has 0 saturated heterocycles. The van der Waals surface area contributed by atoms with Crippen LogP contribution in [-0.4, -0.2) is 24.3 Å². The summed E-state index contributed by atoms with van der Waals surface area (Å²) in [5.41, 5.74) is 6.03. The minimum absolute atomic E-state index is 0.101. The molecule has 0 amide bonds. The summed E-state index contributed by atoms with van der Waals surface area (Å²) in [6.45, 7) is 4.96. The number of nitrogen functional groups attached to an aromatic ring is 1. The lowest BCUT2D eigenvalue weighted by Crippen LogP contribution is -2.26. The molecule has 5 nitrogen and oxygen atoms in total. The van der Waals surface area contributed by atoms with Crippen molar-refractivity contribution >= 4 is 11.7 Å². The molecule has 0 radical (unpaired) electrons. The zero-order valence-corrected chi connectivity index (χ0v) is 9.82. The molecule has 1 aromatic carbocycles. The van der Waals surface area contributed by atoms with Gasteiger partial charge < -0.3 is 20.3 Å². The summed E-state index contributed by atoms with van der Waals surface area (Å²) >= 11 is 0. The molecule has 1 aliphatic rings. The molecule has 0 spiro atoms. The number of hydrogen-bond acceptors (Lipinski definition) is 4. The van der Waals surface area contributed by atoms with E-state index in [-0.39, 0.29) is 16.7 Å². The third kappa shape index (κ3) is 2.27. The molecule has 1 heterocycles. The second-order valence-corrected chi connectivity index (χ2v) is 4.94. The predicted molar refractivity (Wildman–Crippen MR) is 62.6 cm³/mol. The van der Waals surface area contributed by atoms with Gasteiger partial charge >= 0.3 is 5.97 Å². The number of carbonyl (C=O) groups is 1. The smallest absolute Gasteiger partial charge is 0.335 e. The lowest BCUT2D eigenvalue weighted by molar-refractivity contribution is 0.0696. The number of nitrogens with two attached hydrogens (primary N) is 1.